The molecule has 0 spiro atoms. The van der Waals surface area contributed by atoms with E-state index in [0.29, 0.717) is 50.0 Å². The van der Waals surface area contributed by atoms with Gasteiger partial charge in [0.15, 0.2) is 11.6 Å². The van der Waals surface area contributed by atoms with Gasteiger partial charge in [-0.25, -0.2) is 23.1 Å². The first-order valence-electron chi connectivity index (χ1n) is 9.85. The Hall–Kier alpha value is -3.64. The molecule has 0 radical (unpaired) electrons. The minimum atomic E-state index is -1.26. The molecule has 33 heavy (non-hydrogen) atoms. The van der Waals surface area contributed by atoms with Crippen LogP contribution in [-0.2, 0) is 25.7 Å². The number of aliphatic carboxylic acids is 2. The fourth-order valence-electron chi connectivity index (χ4n) is 2.82. The van der Waals surface area contributed by atoms with Crippen LogP contribution in [-0.4, -0.2) is 80.5 Å². The van der Waals surface area contributed by atoms with Gasteiger partial charge in [0, 0.05) is 57.5 Å². The summed E-state index contributed by atoms with van der Waals surface area (Å²) in [5, 5.41) is 19.9. The molecular weight excluding hydrogens is 442 g/mol. The summed E-state index contributed by atoms with van der Waals surface area (Å²) >= 11 is 0. The highest BCUT2D eigenvalue weighted by Crippen LogP contribution is 2.13. The van der Waals surface area contributed by atoms with Crippen LogP contribution in [0.3, 0.4) is 0 Å². The molecule has 10 nitrogen and oxygen atoms in total. The zero-order valence-corrected chi connectivity index (χ0v) is 17.9. The Balaban J connectivity index is 0.000000414. The number of carbonyl (C=O) groups excluding carboxylic acids is 1. The Labute approximate surface area is 188 Å². The molecule has 0 atom stereocenters. The van der Waals surface area contributed by atoms with Crippen molar-refractivity contribution in [1.82, 2.24) is 19.6 Å². The van der Waals surface area contributed by atoms with E-state index >= 15 is 0 Å². The molecule has 2 aromatic rings. The van der Waals surface area contributed by atoms with Crippen LogP contribution in [0.1, 0.15) is 12.6 Å². The smallest absolute Gasteiger partial charge is 0.328 e. The number of piperazine rings is 1. The average Bonchev–Trinajstić information content (AvgIpc) is 3.24. The second-order valence-electron chi connectivity index (χ2n) is 6.96. The third kappa shape index (κ3) is 8.79. The summed E-state index contributed by atoms with van der Waals surface area (Å²) in [6.07, 6.45) is 2.79. The second-order valence-corrected chi connectivity index (χ2v) is 6.96. The van der Waals surface area contributed by atoms with Gasteiger partial charge >= 0.3 is 11.9 Å². The maximum atomic E-state index is 13.3. The molecular formula is C21H24F2N4O6. The molecule has 1 aromatic heterocycles. The first kappa shape index (κ1) is 25.6. The minimum absolute atomic E-state index is 0.100. The van der Waals surface area contributed by atoms with Crippen LogP contribution in [0.4, 0.5) is 8.78 Å². The van der Waals surface area contributed by atoms with Crippen molar-refractivity contribution in [2.75, 3.05) is 32.9 Å². The van der Waals surface area contributed by atoms with E-state index in [1.165, 1.54) is 10.7 Å². The largest absolute Gasteiger partial charge is 0.478 e. The van der Waals surface area contributed by atoms with Gasteiger partial charge in [-0.15, -0.1) is 0 Å². The van der Waals surface area contributed by atoms with Crippen molar-refractivity contribution in [1.29, 1.82) is 0 Å². The summed E-state index contributed by atoms with van der Waals surface area (Å²) in [5.41, 5.74) is 1.15. The van der Waals surface area contributed by atoms with Gasteiger partial charge in [0.05, 0.1) is 24.7 Å². The molecule has 0 bridgehead atoms. The molecule has 2 N–H and O–H groups in total. The summed E-state index contributed by atoms with van der Waals surface area (Å²) in [5.74, 6) is -4.21. The Kier molecular flexibility index (Phi) is 9.63. The maximum Gasteiger partial charge on any atom is 0.328 e. The Bertz CT molecular complexity index is 986. The SMILES string of the molecule is CC(=O)N1CCN(COCc2ccn(-c3ccc(F)c(F)c3)n2)CC1.O=C(O)C=CC(=O)O. The number of carboxylic acids is 2. The van der Waals surface area contributed by atoms with Crippen molar-refractivity contribution in [3.63, 3.8) is 0 Å². The zero-order chi connectivity index (χ0) is 24.4. The fourth-order valence-corrected chi connectivity index (χ4v) is 2.82. The van der Waals surface area contributed by atoms with Gasteiger partial charge in [0.1, 0.15) is 0 Å². The lowest BCUT2D eigenvalue weighted by atomic mass is 10.3. The molecule has 3 rings (SSSR count). The highest BCUT2D eigenvalue weighted by atomic mass is 19.2. The third-order valence-electron chi connectivity index (χ3n) is 4.52. The number of halogens is 2. The van der Waals surface area contributed by atoms with Crippen molar-refractivity contribution < 1.29 is 38.1 Å². The van der Waals surface area contributed by atoms with Crippen LogP contribution in [0.5, 0.6) is 0 Å². The van der Waals surface area contributed by atoms with Gasteiger partial charge in [-0.1, -0.05) is 0 Å². The lowest BCUT2D eigenvalue weighted by Gasteiger charge is -2.33. The lowest BCUT2D eigenvalue weighted by molar-refractivity contribution is -0.134. The predicted octanol–water partition coefficient (Wildman–Crippen LogP) is 1.50. The number of benzene rings is 1. The summed E-state index contributed by atoms with van der Waals surface area (Å²) in [6.45, 7) is 5.35. The molecule has 178 valence electrons. The standard InChI is InChI=1S/C17H20F2N4O2.C4H4O4/c1-13(24)22-8-6-21(7-9-22)12-25-11-14-4-5-23(20-14)15-2-3-16(18)17(19)10-15;5-3(6)1-2-4(7)8/h2-5,10H,6-9,11-12H2,1H3;1-2H,(H,5,6)(H,7,8). The van der Waals surface area contributed by atoms with Gasteiger partial charge in [-0.05, 0) is 18.2 Å². The molecule has 1 fully saturated rings. The van der Waals surface area contributed by atoms with Crippen LogP contribution in [0.25, 0.3) is 5.69 Å². The van der Waals surface area contributed by atoms with E-state index in [1.807, 2.05) is 4.90 Å². The minimum Gasteiger partial charge on any atom is -0.478 e. The van der Waals surface area contributed by atoms with Crippen LogP contribution in [0, 0.1) is 11.6 Å². The van der Waals surface area contributed by atoms with Crippen molar-refractivity contribution in [3.8, 4) is 5.69 Å². The van der Waals surface area contributed by atoms with Gasteiger partial charge in [-0.3, -0.25) is 9.69 Å². The molecule has 0 saturated carbocycles. The quantitative estimate of drug-likeness (QED) is 0.588. The molecule has 0 unspecified atom stereocenters. The molecule has 1 amide bonds. The maximum absolute atomic E-state index is 13.3. The molecule has 1 saturated heterocycles. The van der Waals surface area contributed by atoms with Crippen LogP contribution in [0.15, 0.2) is 42.6 Å². The van der Waals surface area contributed by atoms with E-state index in [-0.39, 0.29) is 5.91 Å². The van der Waals surface area contributed by atoms with E-state index in [9.17, 15) is 23.2 Å². The van der Waals surface area contributed by atoms with Gasteiger partial charge in [0.25, 0.3) is 0 Å². The summed E-state index contributed by atoms with van der Waals surface area (Å²) in [7, 11) is 0. The highest BCUT2D eigenvalue weighted by Gasteiger charge is 2.18. The molecule has 1 aliphatic heterocycles. The number of aromatic nitrogens is 2. The van der Waals surface area contributed by atoms with Gasteiger partial charge in [-0.2, -0.15) is 5.10 Å². The predicted molar refractivity (Wildman–Crippen MR) is 111 cm³/mol. The molecule has 12 heteroatoms. The van der Waals surface area contributed by atoms with E-state index in [1.54, 1.807) is 19.2 Å². The number of nitrogens with zero attached hydrogens (tertiary/aromatic N) is 4. The fraction of sp³-hybridized carbons (Fsp3) is 0.333. The topological polar surface area (TPSA) is 125 Å². The monoisotopic (exact) mass is 466 g/mol. The van der Waals surface area contributed by atoms with E-state index in [4.69, 9.17) is 14.9 Å². The molecule has 2 heterocycles. The van der Waals surface area contributed by atoms with Crippen molar-refractivity contribution in [3.05, 3.63) is 59.9 Å². The summed E-state index contributed by atoms with van der Waals surface area (Å²) < 4.78 is 33.4. The van der Waals surface area contributed by atoms with Crippen molar-refractivity contribution in [2.45, 2.75) is 13.5 Å². The zero-order valence-electron chi connectivity index (χ0n) is 17.9. The Morgan fingerprint density at radius 3 is 2.21 bits per heavy atom. The normalized spacial score (nSPS) is 14.1. The molecule has 0 aliphatic carbocycles. The van der Waals surface area contributed by atoms with E-state index < -0.39 is 23.6 Å². The van der Waals surface area contributed by atoms with Gasteiger partial charge in [0.2, 0.25) is 5.91 Å². The number of hydrogen-bond acceptors (Lipinski definition) is 6. The number of amides is 1. The number of carboxylic acid groups (broad SMARTS) is 2. The van der Waals surface area contributed by atoms with Gasteiger partial charge < -0.3 is 19.8 Å². The molecule has 1 aromatic carbocycles. The van der Waals surface area contributed by atoms with E-state index in [0.717, 1.165) is 25.2 Å². The first-order chi connectivity index (χ1) is 15.7. The number of rotatable bonds is 7. The lowest BCUT2D eigenvalue weighted by Crippen LogP contribution is -2.48. The Morgan fingerprint density at radius 2 is 1.67 bits per heavy atom. The van der Waals surface area contributed by atoms with Crippen LogP contribution >= 0.6 is 0 Å². The van der Waals surface area contributed by atoms with Crippen LogP contribution in [0.2, 0.25) is 0 Å². The summed E-state index contributed by atoms with van der Waals surface area (Å²) in [6, 6.07) is 5.41. The third-order valence-corrected chi connectivity index (χ3v) is 4.52. The van der Waals surface area contributed by atoms with E-state index in [2.05, 4.69) is 10.00 Å². The van der Waals surface area contributed by atoms with Crippen LogP contribution < -0.4 is 0 Å². The molecule has 1 aliphatic rings. The van der Waals surface area contributed by atoms with Crippen molar-refractivity contribution in [2.24, 2.45) is 0 Å². The first-order valence-corrected chi connectivity index (χ1v) is 9.85. The number of ether oxygens (including phenoxy) is 1. The second kappa shape index (κ2) is 12.4. The summed E-state index contributed by atoms with van der Waals surface area (Å²) in [4.78, 5) is 34.3. The Morgan fingerprint density at radius 1 is 1.03 bits per heavy atom. The number of hydrogen-bond donors (Lipinski definition) is 2. The highest BCUT2D eigenvalue weighted by molar-refractivity contribution is 5.89. The average molecular weight is 466 g/mol. The number of carbonyl (C=O) groups is 3. The van der Waals surface area contributed by atoms with Crippen molar-refractivity contribution >= 4 is 17.8 Å².